The molecule has 0 spiro atoms. The van der Waals surface area contributed by atoms with Gasteiger partial charge in [0.25, 0.3) is 0 Å². The van der Waals surface area contributed by atoms with E-state index in [2.05, 4.69) is 51.3 Å². The van der Waals surface area contributed by atoms with Crippen molar-refractivity contribution in [3.05, 3.63) is 47.3 Å². The lowest BCUT2D eigenvalue weighted by atomic mass is 10.1. The molecule has 2 aromatic carbocycles. The monoisotopic (exact) mass is 650 g/mol. The molecular weight excluding hydrogens is 619 g/mol. The van der Waals surface area contributed by atoms with Gasteiger partial charge in [-0.15, -0.1) is 0 Å². The molecule has 3 aliphatic rings. The van der Waals surface area contributed by atoms with Gasteiger partial charge in [0.15, 0.2) is 0 Å². The summed E-state index contributed by atoms with van der Waals surface area (Å²) in [6, 6.07) is 8.81. The van der Waals surface area contributed by atoms with Crippen molar-refractivity contribution in [1.82, 2.24) is 24.8 Å². The van der Waals surface area contributed by atoms with E-state index in [1.165, 1.54) is 12.8 Å². The number of hydrogen-bond acceptors (Lipinski definition) is 11. The third kappa shape index (κ3) is 5.16. The minimum atomic E-state index is -2.73. The molecule has 1 atom stereocenters. The van der Waals surface area contributed by atoms with Gasteiger partial charge in [-0.05, 0) is 54.2 Å². The van der Waals surface area contributed by atoms with Crippen LogP contribution in [0.1, 0.15) is 12.8 Å². The van der Waals surface area contributed by atoms with Gasteiger partial charge in [-0.2, -0.15) is 4.98 Å². The van der Waals surface area contributed by atoms with E-state index in [9.17, 15) is 4.57 Å². The summed E-state index contributed by atoms with van der Waals surface area (Å²) in [4.78, 5) is 23.1. The minimum Gasteiger partial charge on any atom is -0.494 e. The largest absolute Gasteiger partial charge is 0.494 e. The zero-order valence-corrected chi connectivity index (χ0v) is 26.2. The maximum Gasteiger partial charge on any atom is 0.229 e. The highest BCUT2D eigenvalue weighted by Gasteiger charge is 2.38. The molecule has 4 heterocycles. The first-order valence-corrected chi connectivity index (χ1v) is 17.4. The number of benzene rings is 2. The van der Waals surface area contributed by atoms with Crippen molar-refractivity contribution in [2.75, 3.05) is 62.2 Å². The quantitative estimate of drug-likeness (QED) is 0.264. The maximum atomic E-state index is 13.4. The number of halogens is 1. The average molecular weight is 652 g/mol. The second-order valence-electron chi connectivity index (χ2n) is 11.3. The summed E-state index contributed by atoms with van der Waals surface area (Å²) in [5.41, 5.74) is 3.70. The molecule has 2 fully saturated rings. The summed E-state index contributed by atoms with van der Waals surface area (Å²) in [6.07, 6.45) is 7.54. The number of ether oxygens (including phenoxy) is 2. The number of methoxy groups -OCH3 is 1. The summed E-state index contributed by atoms with van der Waals surface area (Å²) in [6.45, 7) is 7.19. The number of piperazine rings is 1. The van der Waals surface area contributed by atoms with Gasteiger partial charge < -0.3 is 29.6 Å². The van der Waals surface area contributed by atoms with Crippen molar-refractivity contribution in [3.63, 3.8) is 0 Å². The molecule has 13 heteroatoms. The molecule has 0 unspecified atom stereocenters. The van der Waals surface area contributed by atoms with Gasteiger partial charge in [-0.3, -0.25) is 14.9 Å². The van der Waals surface area contributed by atoms with E-state index in [1.807, 2.05) is 24.3 Å². The highest BCUT2D eigenvalue weighted by Crippen LogP contribution is 2.44. The smallest absolute Gasteiger partial charge is 0.229 e. The Morgan fingerprint density at radius 3 is 2.67 bits per heavy atom. The fourth-order valence-electron chi connectivity index (χ4n) is 5.88. The fraction of sp³-hybridized carbons (Fsp3) is 0.379. The van der Waals surface area contributed by atoms with Gasteiger partial charge in [-0.25, -0.2) is 4.98 Å². The van der Waals surface area contributed by atoms with Crippen LogP contribution in [0.4, 0.5) is 28.8 Å². The summed E-state index contributed by atoms with van der Waals surface area (Å²) >= 11 is 3.56. The first kappa shape index (κ1) is 27.4. The molecule has 2 N–H and O–H groups in total. The predicted molar refractivity (Wildman–Crippen MR) is 169 cm³/mol. The van der Waals surface area contributed by atoms with Crippen LogP contribution in [0.5, 0.6) is 11.5 Å². The van der Waals surface area contributed by atoms with E-state index in [4.69, 9.17) is 14.5 Å². The molecule has 11 nitrogen and oxygen atoms in total. The minimum absolute atomic E-state index is 0.339. The molecule has 1 saturated carbocycles. The molecule has 0 radical (unpaired) electrons. The Bertz CT molecular complexity index is 1730. The molecule has 42 heavy (non-hydrogen) atoms. The number of aromatic nitrogens is 4. The van der Waals surface area contributed by atoms with E-state index in [0.717, 1.165) is 37.1 Å². The second-order valence-corrected chi connectivity index (χ2v) is 15.3. The van der Waals surface area contributed by atoms with Crippen LogP contribution in [0.2, 0.25) is 0 Å². The summed E-state index contributed by atoms with van der Waals surface area (Å²) in [7, 11) is -1.08. The molecule has 4 aromatic rings. The van der Waals surface area contributed by atoms with Crippen LogP contribution >= 0.6 is 23.1 Å². The first-order valence-electron chi connectivity index (χ1n) is 14.0. The number of nitrogens with one attached hydrogen (secondary N) is 2. The second kappa shape index (κ2) is 10.7. The van der Waals surface area contributed by atoms with Gasteiger partial charge in [0.1, 0.15) is 36.6 Å². The Morgan fingerprint density at radius 1 is 1.05 bits per heavy atom. The normalized spacial score (nSPS) is 18.7. The Kier molecular flexibility index (Phi) is 6.95. The lowest BCUT2D eigenvalue weighted by Crippen LogP contribution is -2.57. The van der Waals surface area contributed by atoms with E-state index in [1.54, 1.807) is 39.0 Å². The first-order chi connectivity index (χ1) is 20.3. The topological polar surface area (TPSA) is 118 Å². The van der Waals surface area contributed by atoms with Crippen LogP contribution < -0.4 is 30.3 Å². The van der Waals surface area contributed by atoms with Gasteiger partial charge in [0, 0.05) is 56.4 Å². The van der Waals surface area contributed by atoms with Crippen molar-refractivity contribution in [2.45, 2.75) is 24.9 Å². The third-order valence-corrected chi connectivity index (χ3v) is 10.1. The van der Waals surface area contributed by atoms with Gasteiger partial charge in [0.05, 0.1) is 45.5 Å². The Hall–Kier alpha value is -3.47. The van der Waals surface area contributed by atoms with Crippen molar-refractivity contribution in [3.8, 4) is 11.5 Å². The lowest BCUT2D eigenvalue weighted by Gasteiger charge is -2.46. The lowest BCUT2D eigenvalue weighted by molar-refractivity contribution is 0.161. The summed E-state index contributed by atoms with van der Waals surface area (Å²) in [5.74, 6) is 2.37. The zero-order valence-electron chi connectivity index (χ0n) is 23.7. The Labute approximate surface area is 252 Å². The van der Waals surface area contributed by atoms with E-state index in [-0.39, 0.29) is 0 Å². The van der Waals surface area contributed by atoms with Crippen LogP contribution in [0, 0.1) is 0 Å². The standard InChI is InChI=1S/C29H32BrN8O3P/c1-40-24-13-23-25(41-16-18-15-37(17-4-5-17)10-11-38(18)23)12-22(24)35-29-33-14-19(30)28(36-29)34-21-7-6-20-26(32-9-8-31-20)27(21)42(2,3)39/h6-9,12-14,17-18H,4-5,10-11,15-16H2,1-3H3,(H2,33,34,35,36)/t18-/m0/s1. The third-order valence-electron chi connectivity index (χ3n) is 8.00. The van der Waals surface area contributed by atoms with Gasteiger partial charge in [-0.1, -0.05) is 0 Å². The van der Waals surface area contributed by atoms with E-state index < -0.39 is 7.14 Å². The molecule has 7 rings (SSSR count). The number of hydrogen-bond donors (Lipinski definition) is 2. The Morgan fingerprint density at radius 2 is 1.88 bits per heavy atom. The van der Waals surface area contributed by atoms with Gasteiger partial charge >= 0.3 is 0 Å². The van der Waals surface area contributed by atoms with Crippen LogP contribution in [0.15, 0.2) is 47.3 Å². The molecular formula is C29H32BrN8O3P. The van der Waals surface area contributed by atoms with Crippen LogP contribution in [-0.4, -0.2) is 83.6 Å². The zero-order chi connectivity index (χ0) is 29.0. The number of rotatable bonds is 7. The summed E-state index contributed by atoms with van der Waals surface area (Å²) in [5, 5.41) is 7.28. The van der Waals surface area contributed by atoms with Crippen LogP contribution in [0.25, 0.3) is 11.0 Å². The molecule has 218 valence electrons. The maximum absolute atomic E-state index is 13.4. The molecule has 1 saturated heterocycles. The van der Waals surface area contributed by atoms with Crippen molar-refractivity contribution < 1.29 is 14.0 Å². The highest BCUT2D eigenvalue weighted by molar-refractivity contribution is 9.10. The van der Waals surface area contributed by atoms with E-state index >= 15 is 0 Å². The van der Waals surface area contributed by atoms with Crippen LogP contribution in [0.3, 0.4) is 0 Å². The number of anilines is 5. The van der Waals surface area contributed by atoms with E-state index in [0.29, 0.717) is 62.3 Å². The average Bonchev–Trinajstić information content (AvgIpc) is 3.83. The molecule has 0 amide bonds. The SMILES string of the molecule is COc1cc2c(cc1Nc1ncc(Br)c(Nc3ccc4nccnc4c3P(C)(C)=O)n1)OC[C@@H]1CN(C3CC3)CCN21. The summed E-state index contributed by atoms with van der Waals surface area (Å²) < 4.78 is 26.1. The number of fused-ring (bicyclic) bond motifs is 4. The van der Waals surface area contributed by atoms with Crippen molar-refractivity contribution in [1.29, 1.82) is 0 Å². The van der Waals surface area contributed by atoms with Crippen molar-refractivity contribution in [2.24, 2.45) is 0 Å². The predicted octanol–water partition coefficient (Wildman–Crippen LogP) is 4.97. The molecule has 0 bridgehead atoms. The van der Waals surface area contributed by atoms with Crippen LogP contribution in [-0.2, 0) is 4.57 Å². The fourth-order valence-corrected chi connectivity index (χ4v) is 7.57. The number of nitrogens with zero attached hydrogens (tertiary/aromatic N) is 6. The molecule has 2 aliphatic heterocycles. The Balaban J connectivity index is 1.17. The molecule has 1 aliphatic carbocycles. The highest BCUT2D eigenvalue weighted by atomic mass is 79.9. The van der Waals surface area contributed by atoms with Crippen molar-refractivity contribution >= 4 is 68.2 Å². The molecule has 2 aromatic heterocycles. The van der Waals surface area contributed by atoms with Gasteiger partial charge in [0.2, 0.25) is 5.95 Å².